The van der Waals surface area contributed by atoms with E-state index in [1.54, 1.807) is 6.07 Å². The molecular formula is C13H20FN. The predicted octanol–water partition coefficient (Wildman–Crippen LogP) is 3.98. The van der Waals surface area contributed by atoms with Crippen LogP contribution in [0.2, 0.25) is 0 Å². The fraction of sp³-hybridized carbons (Fsp3) is 0.538. The second-order valence-corrected chi connectivity index (χ2v) is 4.00. The summed E-state index contributed by atoms with van der Waals surface area (Å²) in [4.78, 5) is 0. The van der Waals surface area contributed by atoms with E-state index < -0.39 is 0 Å². The maximum atomic E-state index is 13.4. The van der Waals surface area contributed by atoms with E-state index in [0.717, 1.165) is 24.9 Å². The van der Waals surface area contributed by atoms with Crippen molar-refractivity contribution in [3.63, 3.8) is 0 Å². The molecule has 2 heteroatoms. The summed E-state index contributed by atoms with van der Waals surface area (Å²) in [5.41, 5.74) is 1.63. The number of halogens is 1. The van der Waals surface area contributed by atoms with Crippen molar-refractivity contribution in [1.82, 2.24) is 0 Å². The second kappa shape index (κ2) is 5.74. The van der Waals surface area contributed by atoms with Crippen molar-refractivity contribution in [3.05, 3.63) is 29.6 Å². The van der Waals surface area contributed by atoms with Gasteiger partial charge in [-0.2, -0.15) is 0 Å². The maximum absolute atomic E-state index is 13.4. The molecule has 0 aliphatic rings. The van der Waals surface area contributed by atoms with Crippen LogP contribution in [-0.2, 0) is 0 Å². The zero-order valence-corrected chi connectivity index (χ0v) is 9.81. The van der Waals surface area contributed by atoms with Gasteiger partial charge in [-0.25, -0.2) is 4.39 Å². The van der Waals surface area contributed by atoms with Gasteiger partial charge in [-0.05, 0) is 24.5 Å². The summed E-state index contributed by atoms with van der Waals surface area (Å²) >= 11 is 0. The molecule has 0 aliphatic heterocycles. The van der Waals surface area contributed by atoms with Crippen molar-refractivity contribution in [3.8, 4) is 0 Å². The second-order valence-electron chi connectivity index (χ2n) is 4.00. The monoisotopic (exact) mass is 209 g/mol. The number of rotatable bonds is 5. The molecule has 1 aromatic rings. The van der Waals surface area contributed by atoms with Gasteiger partial charge < -0.3 is 5.32 Å². The largest absolute Gasteiger partial charge is 0.382 e. The third kappa shape index (κ3) is 3.22. The summed E-state index contributed by atoms with van der Waals surface area (Å²) in [7, 11) is 0. The Morgan fingerprint density at radius 2 is 1.93 bits per heavy atom. The highest BCUT2D eigenvalue weighted by atomic mass is 19.1. The van der Waals surface area contributed by atoms with E-state index in [1.807, 2.05) is 13.0 Å². The minimum absolute atomic E-state index is 0.152. The first-order valence-corrected chi connectivity index (χ1v) is 5.68. The van der Waals surface area contributed by atoms with Gasteiger partial charge in [0.05, 0.1) is 5.69 Å². The lowest BCUT2D eigenvalue weighted by Gasteiger charge is -2.16. The molecule has 0 saturated carbocycles. The number of benzene rings is 1. The van der Waals surface area contributed by atoms with Crippen molar-refractivity contribution >= 4 is 5.69 Å². The molecule has 84 valence electrons. The Hall–Kier alpha value is -1.05. The Balaban J connectivity index is 2.64. The molecule has 1 N–H and O–H groups in total. The van der Waals surface area contributed by atoms with Crippen molar-refractivity contribution in [2.45, 2.75) is 33.6 Å². The standard InChI is InChI=1S/C13H20FN/c1-4-11(5-2)9-15-13-10(3)7-6-8-12(13)14/h6-8,11,15H,4-5,9H2,1-3H3. The number of aryl methyl sites for hydroxylation is 1. The molecule has 0 amide bonds. The molecular weight excluding hydrogens is 189 g/mol. The van der Waals surface area contributed by atoms with Crippen LogP contribution in [0.4, 0.5) is 10.1 Å². The van der Waals surface area contributed by atoms with Crippen LogP contribution in [0, 0.1) is 18.7 Å². The molecule has 0 heterocycles. The smallest absolute Gasteiger partial charge is 0.146 e. The first-order chi connectivity index (χ1) is 7.19. The van der Waals surface area contributed by atoms with E-state index in [0.29, 0.717) is 11.6 Å². The van der Waals surface area contributed by atoms with Gasteiger partial charge in [0, 0.05) is 6.54 Å². The molecule has 0 unspecified atom stereocenters. The lowest BCUT2D eigenvalue weighted by molar-refractivity contribution is 0.516. The van der Waals surface area contributed by atoms with Crippen molar-refractivity contribution in [2.75, 3.05) is 11.9 Å². The quantitative estimate of drug-likeness (QED) is 0.773. The highest BCUT2D eigenvalue weighted by Gasteiger charge is 2.07. The Bertz CT molecular complexity index is 285. The topological polar surface area (TPSA) is 12.0 Å². The number of hydrogen-bond acceptors (Lipinski definition) is 1. The number of anilines is 1. The summed E-state index contributed by atoms with van der Waals surface area (Å²) in [6.45, 7) is 7.13. The molecule has 0 aliphatic carbocycles. The minimum Gasteiger partial charge on any atom is -0.382 e. The lowest BCUT2D eigenvalue weighted by atomic mass is 10.0. The minimum atomic E-state index is -0.152. The molecule has 1 rings (SSSR count). The molecule has 0 saturated heterocycles. The van der Waals surface area contributed by atoms with Gasteiger partial charge in [-0.3, -0.25) is 0 Å². The summed E-state index contributed by atoms with van der Waals surface area (Å²) in [5.74, 6) is 0.477. The molecule has 15 heavy (non-hydrogen) atoms. The summed E-state index contributed by atoms with van der Waals surface area (Å²) in [6, 6.07) is 5.17. The molecule has 0 radical (unpaired) electrons. The van der Waals surface area contributed by atoms with Gasteiger partial charge in [0.25, 0.3) is 0 Å². The van der Waals surface area contributed by atoms with Crippen LogP contribution in [0.25, 0.3) is 0 Å². The number of hydrogen-bond donors (Lipinski definition) is 1. The van der Waals surface area contributed by atoms with Crippen LogP contribution in [0.1, 0.15) is 32.3 Å². The predicted molar refractivity (Wildman–Crippen MR) is 63.7 cm³/mol. The lowest BCUT2D eigenvalue weighted by Crippen LogP contribution is -2.14. The number of para-hydroxylation sites is 1. The molecule has 1 aromatic carbocycles. The van der Waals surface area contributed by atoms with Crippen LogP contribution in [-0.4, -0.2) is 6.54 Å². The van der Waals surface area contributed by atoms with E-state index in [1.165, 1.54) is 6.07 Å². The number of nitrogens with one attached hydrogen (secondary N) is 1. The van der Waals surface area contributed by atoms with E-state index in [-0.39, 0.29) is 5.82 Å². The van der Waals surface area contributed by atoms with Crippen LogP contribution >= 0.6 is 0 Å². The fourth-order valence-corrected chi connectivity index (χ4v) is 1.68. The SMILES string of the molecule is CCC(CC)CNc1c(C)cccc1F. The highest BCUT2D eigenvalue weighted by Crippen LogP contribution is 2.19. The van der Waals surface area contributed by atoms with Gasteiger partial charge in [-0.15, -0.1) is 0 Å². The zero-order chi connectivity index (χ0) is 11.3. The zero-order valence-electron chi connectivity index (χ0n) is 9.81. The summed E-state index contributed by atoms with van der Waals surface area (Å²) in [5, 5.41) is 3.21. The van der Waals surface area contributed by atoms with Gasteiger partial charge in [0.1, 0.15) is 5.82 Å². The Labute approximate surface area is 91.7 Å². The van der Waals surface area contributed by atoms with Gasteiger partial charge >= 0.3 is 0 Å². The third-order valence-electron chi connectivity index (χ3n) is 2.94. The molecule has 0 fully saturated rings. The van der Waals surface area contributed by atoms with Gasteiger partial charge in [0.15, 0.2) is 0 Å². The molecule has 0 bridgehead atoms. The van der Waals surface area contributed by atoms with E-state index in [2.05, 4.69) is 19.2 Å². The van der Waals surface area contributed by atoms with E-state index >= 15 is 0 Å². The average molecular weight is 209 g/mol. The summed E-state index contributed by atoms with van der Waals surface area (Å²) < 4.78 is 13.4. The average Bonchev–Trinajstić information content (AvgIpc) is 2.23. The normalized spacial score (nSPS) is 10.7. The Morgan fingerprint density at radius 1 is 1.27 bits per heavy atom. The van der Waals surface area contributed by atoms with E-state index in [4.69, 9.17) is 0 Å². The maximum Gasteiger partial charge on any atom is 0.146 e. The molecule has 1 nitrogen and oxygen atoms in total. The van der Waals surface area contributed by atoms with Crippen molar-refractivity contribution in [1.29, 1.82) is 0 Å². The first kappa shape index (κ1) is 12.0. The van der Waals surface area contributed by atoms with Gasteiger partial charge in [0.2, 0.25) is 0 Å². The van der Waals surface area contributed by atoms with Gasteiger partial charge in [-0.1, -0.05) is 38.8 Å². The summed E-state index contributed by atoms with van der Waals surface area (Å²) in [6.07, 6.45) is 2.27. The molecule has 0 aromatic heterocycles. The van der Waals surface area contributed by atoms with Crippen molar-refractivity contribution in [2.24, 2.45) is 5.92 Å². The molecule has 0 spiro atoms. The van der Waals surface area contributed by atoms with Crippen LogP contribution < -0.4 is 5.32 Å². The molecule has 0 atom stereocenters. The highest BCUT2D eigenvalue weighted by molar-refractivity contribution is 5.51. The Kier molecular flexibility index (Phi) is 4.60. The fourth-order valence-electron chi connectivity index (χ4n) is 1.68. The third-order valence-corrected chi connectivity index (χ3v) is 2.94. The van der Waals surface area contributed by atoms with Crippen molar-refractivity contribution < 1.29 is 4.39 Å². The van der Waals surface area contributed by atoms with E-state index in [9.17, 15) is 4.39 Å². The van der Waals surface area contributed by atoms with Crippen LogP contribution in [0.15, 0.2) is 18.2 Å². The first-order valence-electron chi connectivity index (χ1n) is 5.68. The Morgan fingerprint density at radius 3 is 2.47 bits per heavy atom. The van der Waals surface area contributed by atoms with Crippen LogP contribution in [0.5, 0.6) is 0 Å². The van der Waals surface area contributed by atoms with Crippen LogP contribution in [0.3, 0.4) is 0 Å².